The van der Waals surface area contributed by atoms with Crippen LogP contribution in [0.3, 0.4) is 0 Å². The quantitative estimate of drug-likeness (QED) is 0.430. The van der Waals surface area contributed by atoms with Gasteiger partial charge in [-0.05, 0) is 82.7 Å². The van der Waals surface area contributed by atoms with Gasteiger partial charge in [0.05, 0.1) is 22.1 Å². The van der Waals surface area contributed by atoms with Gasteiger partial charge in [-0.15, -0.1) is 0 Å². The lowest BCUT2D eigenvalue weighted by molar-refractivity contribution is -0.137. The van der Waals surface area contributed by atoms with E-state index in [1.165, 1.54) is 23.1 Å². The molecule has 12 heteroatoms. The van der Waals surface area contributed by atoms with Gasteiger partial charge in [-0.3, -0.25) is 9.59 Å². The number of nitrogens with one attached hydrogen (secondary N) is 2. The van der Waals surface area contributed by atoms with Gasteiger partial charge in [0.25, 0.3) is 5.91 Å². The van der Waals surface area contributed by atoms with Crippen LogP contribution in [0.1, 0.15) is 74.0 Å². The Morgan fingerprint density at radius 3 is 2.25 bits per heavy atom. The van der Waals surface area contributed by atoms with Crippen molar-refractivity contribution in [3.8, 4) is 0 Å². The molecule has 218 valence electrons. The van der Waals surface area contributed by atoms with Crippen molar-refractivity contribution in [2.24, 2.45) is 5.92 Å². The topological polar surface area (TPSA) is 95.6 Å². The van der Waals surface area contributed by atoms with Crippen molar-refractivity contribution in [1.82, 2.24) is 10.2 Å². The number of nitrogens with zero attached hydrogens (tertiary/aromatic N) is 1. The predicted octanol–water partition coefficient (Wildman–Crippen LogP) is 5.33. The van der Waals surface area contributed by atoms with Gasteiger partial charge in [-0.1, -0.05) is 6.07 Å². The number of hydrogen-bond acceptors (Lipinski definition) is 5. The Kier molecular flexibility index (Phi) is 7.96. The molecule has 7 nitrogen and oxygen atoms in total. The summed E-state index contributed by atoms with van der Waals surface area (Å²) < 4.78 is 78.4. The molecule has 1 saturated heterocycles. The minimum Gasteiger partial charge on any atom is -0.380 e. The molecule has 4 rings (SSSR count). The maximum Gasteiger partial charge on any atom is 0.416 e. The average Bonchev–Trinajstić information content (AvgIpc) is 3.55. The van der Waals surface area contributed by atoms with Crippen LogP contribution in [-0.2, 0) is 20.8 Å². The molecule has 2 amide bonds. The van der Waals surface area contributed by atoms with Crippen LogP contribution in [0, 0.1) is 11.7 Å². The van der Waals surface area contributed by atoms with Gasteiger partial charge in [0.15, 0.2) is 9.84 Å². The fourth-order valence-electron chi connectivity index (χ4n) is 4.97. The molecule has 0 bridgehead atoms. The van der Waals surface area contributed by atoms with E-state index < -0.39 is 56.8 Å². The average molecular weight is 584 g/mol. The van der Waals surface area contributed by atoms with Crippen molar-refractivity contribution in [1.29, 1.82) is 0 Å². The Morgan fingerprint density at radius 2 is 1.70 bits per heavy atom. The number of benzene rings is 2. The largest absolute Gasteiger partial charge is 0.416 e. The third-order valence-corrected chi connectivity index (χ3v) is 8.14. The van der Waals surface area contributed by atoms with Crippen molar-refractivity contribution in [3.63, 3.8) is 0 Å². The van der Waals surface area contributed by atoms with E-state index in [9.17, 15) is 35.6 Å². The van der Waals surface area contributed by atoms with E-state index in [2.05, 4.69) is 10.6 Å². The van der Waals surface area contributed by atoms with Crippen molar-refractivity contribution in [2.45, 2.75) is 75.1 Å². The highest BCUT2D eigenvalue weighted by Gasteiger charge is 2.41. The van der Waals surface area contributed by atoms with Crippen LogP contribution in [-0.4, -0.2) is 49.5 Å². The minimum atomic E-state index is -4.70. The zero-order valence-corrected chi connectivity index (χ0v) is 23.5. The fraction of sp³-hybridized carbons (Fsp3) is 0.500. The maximum absolute atomic E-state index is 14.8. The van der Waals surface area contributed by atoms with Crippen LogP contribution >= 0.6 is 0 Å². The Labute approximate surface area is 231 Å². The molecule has 1 unspecified atom stereocenters. The Bertz CT molecular complexity index is 1420. The van der Waals surface area contributed by atoms with Crippen LogP contribution < -0.4 is 10.6 Å². The Morgan fingerprint density at radius 1 is 1.02 bits per heavy atom. The molecule has 2 fully saturated rings. The number of amides is 2. The van der Waals surface area contributed by atoms with Crippen LogP contribution in [0.5, 0.6) is 0 Å². The molecule has 1 saturated carbocycles. The van der Waals surface area contributed by atoms with Gasteiger partial charge in [0, 0.05) is 29.6 Å². The Hall–Kier alpha value is -3.15. The van der Waals surface area contributed by atoms with Crippen molar-refractivity contribution >= 4 is 27.3 Å². The molecule has 2 N–H and O–H groups in total. The number of carbonyl (C=O) groups is 2. The van der Waals surface area contributed by atoms with Gasteiger partial charge in [-0.2, -0.15) is 13.2 Å². The van der Waals surface area contributed by atoms with Gasteiger partial charge in [0.1, 0.15) is 11.9 Å². The van der Waals surface area contributed by atoms with Gasteiger partial charge < -0.3 is 15.5 Å². The summed E-state index contributed by atoms with van der Waals surface area (Å²) in [6.45, 7) is 5.90. The van der Waals surface area contributed by atoms with Crippen molar-refractivity contribution in [3.05, 3.63) is 58.9 Å². The monoisotopic (exact) mass is 583 g/mol. The summed E-state index contributed by atoms with van der Waals surface area (Å²) in [5.74, 6) is -2.25. The minimum absolute atomic E-state index is 0.0303. The lowest BCUT2D eigenvalue weighted by Crippen LogP contribution is -2.47. The number of halogens is 4. The SMILES string of the molecule is CC(C)(C)Nc1ccc(S(C)(=O)=O)cc1C(=O)N1CCC[C@@H]1C(=O)NC(c1ccc(C(F)(F)F)cc1F)C1CC1. The summed E-state index contributed by atoms with van der Waals surface area (Å²) in [4.78, 5) is 28.6. The van der Waals surface area contributed by atoms with Crippen LogP contribution in [0.4, 0.5) is 23.2 Å². The van der Waals surface area contributed by atoms with E-state index in [1.54, 1.807) is 0 Å². The normalized spacial score (nSPS) is 18.9. The molecule has 2 aliphatic rings. The van der Waals surface area contributed by atoms with Crippen molar-refractivity contribution in [2.75, 3.05) is 18.1 Å². The van der Waals surface area contributed by atoms with Crippen LogP contribution in [0.2, 0.25) is 0 Å². The summed E-state index contributed by atoms with van der Waals surface area (Å²) in [6, 6.07) is 4.77. The predicted molar refractivity (Wildman–Crippen MR) is 142 cm³/mol. The van der Waals surface area contributed by atoms with Gasteiger partial charge in [-0.25, -0.2) is 12.8 Å². The van der Waals surface area contributed by atoms with E-state index >= 15 is 0 Å². The third-order valence-electron chi connectivity index (χ3n) is 7.03. The van der Waals surface area contributed by atoms with E-state index in [0.29, 0.717) is 37.4 Å². The standard InChI is InChI=1S/C28H33F4N3O4S/c1-27(2,3)34-22-12-10-18(40(4,38)39)15-20(22)26(37)35-13-5-6-23(35)25(36)33-24(16-7-8-16)19-11-9-17(14-21(19)29)28(30,31)32/h9-12,14-16,23-24,34H,5-8,13H2,1-4H3,(H,33,36)/t23-,24?/m1/s1. The Balaban J connectivity index is 1.61. The molecule has 0 radical (unpaired) electrons. The number of sulfone groups is 1. The number of likely N-dealkylation sites (tertiary alicyclic amines) is 1. The van der Waals surface area contributed by atoms with Crippen molar-refractivity contribution < 1.29 is 35.6 Å². The summed E-state index contributed by atoms with van der Waals surface area (Å²) in [5, 5.41) is 6.01. The molecule has 2 aromatic carbocycles. The molecule has 1 heterocycles. The first-order valence-corrected chi connectivity index (χ1v) is 14.9. The summed E-state index contributed by atoms with van der Waals surface area (Å²) in [7, 11) is -3.62. The van der Waals surface area contributed by atoms with Crippen LogP contribution in [0.15, 0.2) is 41.3 Å². The molecule has 40 heavy (non-hydrogen) atoms. The number of carbonyl (C=O) groups excluding carboxylic acids is 2. The number of alkyl halides is 3. The lowest BCUT2D eigenvalue weighted by Gasteiger charge is -2.29. The molecule has 2 aromatic rings. The molecule has 1 aliphatic carbocycles. The highest BCUT2D eigenvalue weighted by atomic mass is 32.2. The number of anilines is 1. The van der Waals surface area contributed by atoms with Crippen LogP contribution in [0.25, 0.3) is 0 Å². The summed E-state index contributed by atoms with van der Waals surface area (Å²) in [5.41, 5.74) is -1.08. The first-order chi connectivity index (χ1) is 18.5. The summed E-state index contributed by atoms with van der Waals surface area (Å²) >= 11 is 0. The van der Waals surface area contributed by atoms with E-state index in [4.69, 9.17) is 0 Å². The molecular formula is C28H33F4N3O4S. The molecular weight excluding hydrogens is 550 g/mol. The molecule has 0 spiro atoms. The zero-order valence-electron chi connectivity index (χ0n) is 22.7. The second-order valence-electron chi connectivity index (χ2n) is 11.6. The first kappa shape index (κ1) is 29.8. The van der Waals surface area contributed by atoms with Gasteiger partial charge >= 0.3 is 6.18 Å². The summed E-state index contributed by atoms with van der Waals surface area (Å²) in [6.07, 6.45) is -1.45. The lowest BCUT2D eigenvalue weighted by atomic mass is 9.99. The van der Waals surface area contributed by atoms with E-state index in [0.717, 1.165) is 18.4 Å². The molecule has 2 atom stereocenters. The second kappa shape index (κ2) is 10.7. The highest BCUT2D eigenvalue weighted by molar-refractivity contribution is 7.90. The number of rotatable bonds is 7. The maximum atomic E-state index is 14.8. The van der Waals surface area contributed by atoms with E-state index in [1.807, 2.05) is 20.8 Å². The second-order valence-corrected chi connectivity index (χ2v) is 13.6. The number of hydrogen-bond donors (Lipinski definition) is 2. The third kappa shape index (κ3) is 6.76. The smallest absolute Gasteiger partial charge is 0.380 e. The fourth-order valence-corrected chi connectivity index (χ4v) is 5.61. The molecule has 1 aliphatic heterocycles. The first-order valence-electron chi connectivity index (χ1n) is 13.1. The van der Waals surface area contributed by atoms with Gasteiger partial charge in [0.2, 0.25) is 5.91 Å². The molecule has 0 aromatic heterocycles. The highest BCUT2D eigenvalue weighted by Crippen LogP contribution is 2.43. The van der Waals surface area contributed by atoms with E-state index in [-0.39, 0.29) is 28.5 Å². The zero-order chi connectivity index (χ0) is 29.6.